The van der Waals surface area contributed by atoms with Crippen molar-refractivity contribution in [3.63, 3.8) is 0 Å². The maximum absolute atomic E-state index is 4.30. The predicted octanol–water partition coefficient (Wildman–Crippen LogP) is 3.81. The van der Waals surface area contributed by atoms with Crippen LogP contribution >= 0.6 is 11.9 Å². The van der Waals surface area contributed by atoms with Crippen molar-refractivity contribution in [1.82, 2.24) is 0 Å². The SMILES string of the molecule is C(=NSc1ccccc1)c1ccccc1. The predicted molar refractivity (Wildman–Crippen MR) is 66.3 cm³/mol. The largest absolute Gasteiger partial charge is 0.219 e. The second-order valence-corrected chi connectivity index (χ2v) is 3.91. The lowest BCUT2D eigenvalue weighted by atomic mass is 10.2. The van der Waals surface area contributed by atoms with Crippen LogP contribution in [-0.2, 0) is 0 Å². The maximum Gasteiger partial charge on any atom is 0.0428 e. The van der Waals surface area contributed by atoms with Crippen molar-refractivity contribution in [3.8, 4) is 0 Å². The second-order valence-electron chi connectivity index (χ2n) is 3.05. The summed E-state index contributed by atoms with van der Waals surface area (Å²) in [6.07, 6.45) is 1.87. The van der Waals surface area contributed by atoms with Gasteiger partial charge < -0.3 is 0 Å². The molecule has 2 rings (SSSR count). The molecule has 0 heterocycles. The van der Waals surface area contributed by atoms with E-state index in [-0.39, 0.29) is 0 Å². The fraction of sp³-hybridized carbons (Fsp3) is 0. The van der Waals surface area contributed by atoms with Gasteiger partial charge in [-0.2, -0.15) is 0 Å². The molecule has 0 bridgehead atoms. The van der Waals surface area contributed by atoms with Crippen LogP contribution in [0.4, 0.5) is 0 Å². The molecule has 0 aliphatic rings. The molecular weight excluding hydrogens is 202 g/mol. The molecule has 0 aromatic heterocycles. The highest BCUT2D eigenvalue weighted by Gasteiger charge is 1.88. The van der Waals surface area contributed by atoms with Gasteiger partial charge in [0.25, 0.3) is 0 Å². The first-order valence-electron chi connectivity index (χ1n) is 4.75. The van der Waals surface area contributed by atoms with Crippen molar-refractivity contribution in [2.75, 3.05) is 0 Å². The third-order valence-electron chi connectivity index (χ3n) is 1.90. The second kappa shape index (κ2) is 5.37. The topological polar surface area (TPSA) is 12.4 Å². The van der Waals surface area contributed by atoms with Crippen molar-refractivity contribution in [1.29, 1.82) is 0 Å². The first-order chi connectivity index (χ1) is 7.45. The van der Waals surface area contributed by atoms with Crippen LogP contribution in [0.25, 0.3) is 0 Å². The van der Waals surface area contributed by atoms with Gasteiger partial charge in [0, 0.05) is 23.1 Å². The fourth-order valence-corrected chi connectivity index (χ4v) is 1.74. The van der Waals surface area contributed by atoms with E-state index in [0.717, 1.165) is 10.5 Å². The Kier molecular flexibility index (Phi) is 3.58. The normalized spacial score (nSPS) is 10.7. The van der Waals surface area contributed by atoms with E-state index in [2.05, 4.69) is 4.40 Å². The molecule has 0 unspecified atom stereocenters. The van der Waals surface area contributed by atoms with Gasteiger partial charge in [0.1, 0.15) is 0 Å². The zero-order valence-corrected chi connectivity index (χ0v) is 9.02. The number of hydrogen-bond donors (Lipinski definition) is 0. The Hall–Kier alpha value is -1.54. The Bertz CT molecular complexity index is 423. The van der Waals surface area contributed by atoms with Gasteiger partial charge in [-0.25, -0.2) is 4.40 Å². The van der Waals surface area contributed by atoms with Crippen LogP contribution in [0.1, 0.15) is 5.56 Å². The maximum atomic E-state index is 4.30. The standard InChI is InChI=1S/C13H11NS/c1-3-7-12(8-4-1)11-14-15-13-9-5-2-6-10-13/h1-11H. The van der Waals surface area contributed by atoms with Crippen molar-refractivity contribution < 1.29 is 0 Å². The molecule has 0 fully saturated rings. The molecule has 0 saturated heterocycles. The van der Waals surface area contributed by atoms with Gasteiger partial charge in [0.15, 0.2) is 0 Å². The lowest BCUT2D eigenvalue weighted by Gasteiger charge is -1.93. The van der Waals surface area contributed by atoms with Gasteiger partial charge in [-0.05, 0) is 17.7 Å². The summed E-state index contributed by atoms with van der Waals surface area (Å²) in [7, 11) is 0. The molecule has 74 valence electrons. The van der Waals surface area contributed by atoms with Crippen LogP contribution in [0.2, 0.25) is 0 Å². The first-order valence-corrected chi connectivity index (χ1v) is 5.53. The Morgan fingerprint density at radius 1 is 0.800 bits per heavy atom. The Balaban J connectivity index is 1.97. The molecule has 0 amide bonds. The molecular formula is C13H11NS. The van der Waals surface area contributed by atoms with E-state index in [4.69, 9.17) is 0 Å². The van der Waals surface area contributed by atoms with Crippen LogP contribution in [0.5, 0.6) is 0 Å². The minimum Gasteiger partial charge on any atom is -0.219 e. The molecule has 0 spiro atoms. The highest BCUT2D eigenvalue weighted by atomic mass is 32.2. The van der Waals surface area contributed by atoms with Gasteiger partial charge in [-0.3, -0.25) is 0 Å². The summed E-state index contributed by atoms with van der Waals surface area (Å²) in [6.45, 7) is 0. The quantitative estimate of drug-likeness (QED) is 0.558. The number of benzene rings is 2. The average molecular weight is 213 g/mol. The third kappa shape index (κ3) is 3.26. The summed E-state index contributed by atoms with van der Waals surface area (Å²) in [5.41, 5.74) is 1.13. The molecule has 2 aromatic rings. The number of nitrogens with zero attached hydrogens (tertiary/aromatic N) is 1. The molecule has 0 aliphatic carbocycles. The van der Waals surface area contributed by atoms with Gasteiger partial charge in [0.2, 0.25) is 0 Å². The molecule has 0 N–H and O–H groups in total. The lowest BCUT2D eigenvalue weighted by molar-refractivity contribution is 1.46. The molecule has 0 radical (unpaired) electrons. The summed E-state index contributed by atoms with van der Waals surface area (Å²) < 4.78 is 4.30. The minimum atomic E-state index is 1.13. The van der Waals surface area contributed by atoms with Gasteiger partial charge >= 0.3 is 0 Å². The average Bonchev–Trinajstić information content (AvgIpc) is 2.32. The first kappa shape index (κ1) is 9.99. The zero-order chi connectivity index (χ0) is 10.3. The van der Waals surface area contributed by atoms with E-state index < -0.39 is 0 Å². The summed E-state index contributed by atoms with van der Waals surface area (Å²) in [6, 6.07) is 20.2. The molecule has 15 heavy (non-hydrogen) atoms. The molecule has 0 atom stereocenters. The van der Waals surface area contributed by atoms with E-state index in [0.29, 0.717) is 0 Å². The van der Waals surface area contributed by atoms with Gasteiger partial charge in [-0.15, -0.1) is 0 Å². The minimum absolute atomic E-state index is 1.13. The summed E-state index contributed by atoms with van der Waals surface area (Å²) >= 11 is 1.48. The van der Waals surface area contributed by atoms with Gasteiger partial charge in [-0.1, -0.05) is 48.5 Å². The van der Waals surface area contributed by atoms with E-state index in [1.165, 1.54) is 11.9 Å². The monoisotopic (exact) mass is 213 g/mol. The third-order valence-corrected chi connectivity index (χ3v) is 2.60. The Labute approximate surface area is 94.0 Å². The summed E-state index contributed by atoms with van der Waals surface area (Å²) in [5.74, 6) is 0. The number of hydrogen-bond acceptors (Lipinski definition) is 2. The highest BCUT2D eigenvalue weighted by molar-refractivity contribution is 7.98. The van der Waals surface area contributed by atoms with E-state index in [1.807, 2.05) is 66.9 Å². The fourth-order valence-electron chi connectivity index (χ4n) is 1.17. The smallest absolute Gasteiger partial charge is 0.0428 e. The molecule has 1 nitrogen and oxygen atoms in total. The molecule has 0 saturated carbocycles. The Morgan fingerprint density at radius 3 is 2.07 bits per heavy atom. The van der Waals surface area contributed by atoms with Crippen molar-refractivity contribution >= 4 is 18.2 Å². The van der Waals surface area contributed by atoms with E-state index >= 15 is 0 Å². The highest BCUT2D eigenvalue weighted by Crippen LogP contribution is 2.17. The summed E-state index contributed by atoms with van der Waals surface area (Å²) in [4.78, 5) is 1.16. The van der Waals surface area contributed by atoms with Crippen LogP contribution in [-0.4, -0.2) is 6.21 Å². The van der Waals surface area contributed by atoms with Crippen molar-refractivity contribution in [2.24, 2.45) is 4.40 Å². The van der Waals surface area contributed by atoms with Gasteiger partial charge in [0.05, 0.1) is 0 Å². The van der Waals surface area contributed by atoms with Crippen LogP contribution in [0, 0.1) is 0 Å². The number of rotatable bonds is 3. The molecule has 0 aliphatic heterocycles. The van der Waals surface area contributed by atoms with Crippen LogP contribution in [0.3, 0.4) is 0 Å². The zero-order valence-electron chi connectivity index (χ0n) is 8.21. The van der Waals surface area contributed by atoms with Crippen LogP contribution in [0.15, 0.2) is 70.0 Å². The summed E-state index contributed by atoms with van der Waals surface area (Å²) in [5, 5.41) is 0. The lowest BCUT2D eigenvalue weighted by Crippen LogP contribution is -1.76. The van der Waals surface area contributed by atoms with E-state index in [9.17, 15) is 0 Å². The molecule has 2 aromatic carbocycles. The molecule has 2 heteroatoms. The van der Waals surface area contributed by atoms with E-state index in [1.54, 1.807) is 0 Å². The van der Waals surface area contributed by atoms with Crippen LogP contribution < -0.4 is 0 Å². The van der Waals surface area contributed by atoms with Crippen molar-refractivity contribution in [3.05, 3.63) is 66.2 Å². The van der Waals surface area contributed by atoms with Crippen molar-refractivity contribution in [2.45, 2.75) is 4.90 Å². The Morgan fingerprint density at radius 2 is 1.40 bits per heavy atom.